The highest BCUT2D eigenvalue weighted by molar-refractivity contribution is 7.80. The molecule has 0 bridgehead atoms. The third-order valence-corrected chi connectivity index (χ3v) is 6.06. The number of carbonyl (C=O) groups is 1. The molecule has 3 aromatic carbocycles. The van der Waals surface area contributed by atoms with Gasteiger partial charge in [0.25, 0.3) is 0 Å². The van der Waals surface area contributed by atoms with Gasteiger partial charge in [-0.05, 0) is 68.8 Å². The summed E-state index contributed by atoms with van der Waals surface area (Å²) in [6.45, 7) is 6.45. The molecule has 0 spiro atoms. The summed E-state index contributed by atoms with van der Waals surface area (Å²) < 4.78 is 22.1. The van der Waals surface area contributed by atoms with Gasteiger partial charge in [0.1, 0.15) is 11.6 Å². The van der Waals surface area contributed by atoms with E-state index in [1.165, 1.54) is 12.1 Å². The fourth-order valence-corrected chi connectivity index (χ4v) is 4.14. The van der Waals surface area contributed by atoms with Crippen LogP contribution < -0.4 is 10.1 Å². The Kier molecular flexibility index (Phi) is 6.86. The topological polar surface area (TPSA) is 56.1 Å². The molecule has 0 unspecified atom stereocenters. The smallest absolute Gasteiger partial charge is 0.228 e. The molecule has 0 radical (unpaired) electrons. The molecular weight excluding hydrogens is 473 g/mol. The van der Waals surface area contributed by atoms with Gasteiger partial charge in [-0.3, -0.25) is 4.79 Å². The average Bonchev–Trinajstić information content (AvgIpc) is 3.16. The molecule has 34 heavy (non-hydrogen) atoms. The zero-order valence-electron chi connectivity index (χ0n) is 19.1. The van der Waals surface area contributed by atoms with Gasteiger partial charge >= 0.3 is 0 Å². The summed E-state index contributed by atoms with van der Waals surface area (Å²) in [5.74, 6) is 0.395. The van der Waals surface area contributed by atoms with Crippen LogP contribution in [0, 0.1) is 5.82 Å². The molecule has 0 aliphatic heterocycles. The molecule has 5 nitrogen and oxygen atoms in total. The van der Waals surface area contributed by atoms with Crippen LogP contribution in [0.3, 0.4) is 0 Å². The quantitative estimate of drug-likeness (QED) is 0.282. The zero-order valence-corrected chi connectivity index (χ0v) is 20.8. The number of hydrogen-bond donors (Lipinski definition) is 2. The van der Waals surface area contributed by atoms with Crippen LogP contribution in [-0.4, -0.2) is 15.5 Å². The van der Waals surface area contributed by atoms with E-state index in [-0.39, 0.29) is 17.4 Å². The highest BCUT2D eigenvalue weighted by atomic mass is 35.5. The van der Waals surface area contributed by atoms with Crippen molar-refractivity contribution < 1.29 is 13.9 Å². The third-order valence-electron chi connectivity index (χ3n) is 5.45. The molecule has 4 aromatic rings. The second-order valence-corrected chi connectivity index (χ2v) is 9.39. The van der Waals surface area contributed by atoms with Crippen LogP contribution >= 0.6 is 24.2 Å². The van der Waals surface area contributed by atoms with Crippen LogP contribution in [0.25, 0.3) is 11.0 Å². The summed E-state index contributed by atoms with van der Waals surface area (Å²) in [7, 11) is 0. The number of nitrogens with one attached hydrogen (secondary N) is 1. The van der Waals surface area contributed by atoms with Crippen molar-refractivity contribution in [2.45, 2.75) is 44.2 Å². The van der Waals surface area contributed by atoms with Crippen LogP contribution in [0.15, 0.2) is 65.6 Å². The Morgan fingerprint density at radius 1 is 1.15 bits per heavy atom. The molecule has 1 heterocycles. The first-order valence-corrected chi connectivity index (χ1v) is 11.7. The fourth-order valence-electron chi connectivity index (χ4n) is 3.87. The number of benzene rings is 3. The molecule has 0 atom stereocenters. The molecule has 0 saturated heterocycles. The maximum atomic E-state index is 13.9. The number of aryl methyl sites for hydroxylation is 1. The van der Waals surface area contributed by atoms with E-state index < -0.39 is 11.4 Å². The highest BCUT2D eigenvalue weighted by Crippen LogP contribution is 2.32. The van der Waals surface area contributed by atoms with Gasteiger partial charge in [-0.1, -0.05) is 23.7 Å². The highest BCUT2D eigenvalue weighted by Gasteiger charge is 2.30. The first-order valence-electron chi connectivity index (χ1n) is 10.9. The minimum atomic E-state index is -0.849. The summed E-state index contributed by atoms with van der Waals surface area (Å²) in [5.41, 5.74) is 2.37. The van der Waals surface area contributed by atoms with Crippen molar-refractivity contribution >= 4 is 46.9 Å². The number of thiol groups is 1. The number of carbonyl (C=O) groups excluding carboxylic acids is 1. The maximum absolute atomic E-state index is 13.9. The lowest BCUT2D eigenvalue weighted by atomic mass is 10.1. The van der Waals surface area contributed by atoms with E-state index in [0.717, 1.165) is 21.5 Å². The number of anilines is 1. The summed E-state index contributed by atoms with van der Waals surface area (Å²) in [5, 5.41) is 2.98. The fraction of sp³-hybridized carbons (Fsp3) is 0.231. The molecule has 0 saturated carbocycles. The normalized spacial score (nSPS) is 11.6. The van der Waals surface area contributed by atoms with Crippen molar-refractivity contribution in [3.63, 3.8) is 0 Å². The average molecular weight is 498 g/mol. The van der Waals surface area contributed by atoms with Crippen LogP contribution in [-0.2, 0) is 23.4 Å². The number of hydrogen-bond acceptors (Lipinski definition) is 4. The number of ether oxygens (including phenoxy) is 1. The third kappa shape index (κ3) is 5.21. The van der Waals surface area contributed by atoms with Gasteiger partial charge in [0, 0.05) is 23.2 Å². The summed E-state index contributed by atoms with van der Waals surface area (Å²) in [4.78, 5) is 18.2. The van der Waals surface area contributed by atoms with Crippen molar-refractivity contribution in [2.75, 3.05) is 5.32 Å². The molecule has 4 rings (SSSR count). The molecule has 1 amide bonds. The predicted octanol–water partition coefficient (Wildman–Crippen LogP) is 6.63. The monoisotopic (exact) mass is 497 g/mol. The standard InChI is InChI=1S/C26H25ClFN3O2S/c1-4-31-23-12-7-17(29-24(32)13-16-5-9-19(34)10-6-16)14-22(23)30-25(31)26(2,3)33-18-8-11-20(27)21(28)15-18/h5-12,14-15,34H,4,13H2,1-3H3,(H,29,32). The Hall–Kier alpha value is -3.03. The Balaban J connectivity index is 1.58. The van der Waals surface area contributed by atoms with E-state index in [0.29, 0.717) is 23.8 Å². The van der Waals surface area contributed by atoms with E-state index in [1.54, 1.807) is 6.07 Å². The van der Waals surface area contributed by atoms with E-state index >= 15 is 0 Å². The van der Waals surface area contributed by atoms with Crippen molar-refractivity contribution in [3.05, 3.63) is 82.9 Å². The van der Waals surface area contributed by atoms with Crippen molar-refractivity contribution in [1.29, 1.82) is 0 Å². The molecule has 1 N–H and O–H groups in total. The maximum Gasteiger partial charge on any atom is 0.228 e. The second kappa shape index (κ2) is 9.68. The van der Waals surface area contributed by atoms with Gasteiger partial charge in [-0.25, -0.2) is 9.37 Å². The van der Waals surface area contributed by atoms with E-state index in [9.17, 15) is 9.18 Å². The van der Waals surface area contributed by atoms with Crippen LogP contribution in [0.2, 0.25) is 5.02 Å². The van der Waals surface area contributed by atoms with Crippen molar-refractivity contribution in [2.24, 2.45) is 0 Å². The predicted molar refractivity (Wildman–Crippen MR) is 136 cm³/mol. The Morgan fingerprint density at radius 2 is 1.88 bits per heavy atom. The minimum Gasteiger partial charge on any atom is -0.480 e. The number of imidazole rings is 1. The van der Waals surface area contributed by atoms with Gasteiger partial charge < -0.3 is 14.6 Å². The second-order valence-electron chi connectivity index (χ2n) is 8.46. The van der Waals surface area contributed by atoms with Crippen LogP contribution in [0.5, 0.6) is 5.75 Å². The van der Waals surface area contributed by atoms with E-state index in [1.807, 2.05) is 67.8 Å². The lowest BCUT2D eigenvalue weighted by Crippen LogP contribution is -2.29. The van der Waals surface area contributed by atoms with Crippen LogP contribution in [0.1, 0.15) is 32.2 Å². The van der Waals surface area contributed by atoms with Crippen molar-refractivity contribution in [3.8, 4) is 5.75 Å². The molecule has 0 aliphatic carbocycles. The summed E-state index contributed by atoms with van der Waals surface area (Å²) in [6, 6.07) is 17.5. The number of aromatic nitrogens is 2. The van der Waals surface area contributed by atoms with Gasteiger partial charge in [0.2, 0.25) is 5.91 Å². The lowest BCUT2D eigenvalue weighted by Gasteiger charge is -2.26. The molecule has 0 aliphatic rings. The molecule has 0 fully saturated rings. The van der Waals surface area contributed by atoms with E-state index in [4.69, 9.17) is 21.3 Å². The number of rotatable bonds is 7. The first kappa shape index (κ1) is 24.1. The van der Waals surface area contributed by atoms with Gasteiger partial charge in [-0.15, -0.1) is 12.6 Å². The Bertz CT molecular complexity index is 1350. The molecule has 8 heteroatoms. The summed E-state index contributed by atoms with van der Waals surface area (Å²) >= 11 is 10.1. The molecule has 176 valence electrons. The SMILES string of the molecule is CCn1c(C(C)(C)Oc2ccc(Cl)c(F)c2)nc2cc(NC(=O)Cc3ccc(S)cc3)ccc21. The molecular formula is C26H25ClFN3O2S. The first-order chi connectivity index (χ1) is 16.2. The van der Waals surface area contributed by atoms with Crippen molar-refractivity contribution in [1.82, 2.24) is 9.55 Å². The van der Waals surface area contributed by atoms with E-state index in [2.05, 4.69) is 17.9 Å². The zero-order chi connectivity index (χ0) is 24.5. The Morgan fingerprint density at radius 3 is 2.56 bits per heavy atom. The van der Waals surface area contributed by atoms with Gasteiger partial charge in [0.05, 0.1) is 22.5 Å². The molecule has 1 aromatic heterocycles. The lowest BCUT2D eigenvalue weighted by molar-refractivity contribution is -0.115. The number of amides is 1. The minimum absolute atomic E-state index is 0.0410. The summed E-state index contributed by atoms with van der Waals surface area (Å²) in [6.07, 6.45) is 0.263. The van der Waals surface area contributed by atoms with Gasteiger partial charge in [-0.2, -0.15) is 0 Å². The number of nitrogens with zero attached hydrogens (tertiary/aromatic N) is 2. The number of fused-ring (bicyclic) bond motifs is 1. The largest absolute Gasteiger partial charge is 0.480 e. The van der Waals surface area contributed by atoms with Gasteiger partial charge in [0.15, 0.2) is 11.4 Å². The Labute approximate surface area is 208 Å². The number of halogens is 2. The van der Waals surface area contributed by atoms with Crippen LogP contribution in [0.4, 0.5) is 10.1 Å².